The van der Waals surface area contributed by atoms with Gasteiger partial charge in [-0.3, -0.25) is 10.1 Å². The van der Waals surface area contributed by atoms with Crippen LogP contribution in [0.15, 0.2) is 48.8 Å². The number of halogens is 2. The van der Waals surface area contributed by atoms with Gasteiger partial charge < -0.3 is 15.4 Å². The quantitative estimate of drug-likeness (QED) is 0.231. The van der Waals surface area contributed by atoms with Gasteiger partial charge in [0, 0.05) is 10.7 Å². The summed E-state index contributed by atoms with van der Waals surface area (Å²) < 4.78 is 5.19. The highest BCUT2D eigenvalue weighted by Gasteiger charge is 2.24. The normalized spacial score (nSPS) is 10.7. The van der Waals surface area contributed by atoms with E-state index in [0.29, 0.717) is 28.6 Å². The molecule has 0 spiro atoms. The summed E-state index contributed by atoms with van der Waals surface area (Å²) in [6, 6.07) is 11.0. The highest BCUT2D eigenvalue weighted by molar-refractivity contribution is 6.36. The van der Waals surface area contributed by atoms with Gasteiger partial charge in [0.05, 0.1) is 27.8 Å². The van der Waals surface area contributed by atoms with E-state index >= 15 is 0 Å². The van der Waals surface area contributed by atoms with Crippen molar-refractivity contribution >= 4 is 57.9 Å². The minimum absolute atomic E-state index is 0.0345. The zero-order valence-electron chi connectivity index (χ0n) is 17.1. The summed E-state index contributed by atoms with van der Waals surface area (Å²) >= 11 is 12.0. The number of aromatic nitrogens is 2. The van der Waals surface area contributed by atoms with Crippen LogP contribution in [-0.4, -0.2) is 27.5 Å². The van der Waals surface area contributed by atoms with Crippen molar-refractivity contribution in [2.75, 3.05) is 17.2 Å². The highest BCUT2D eigenvalue weighted by atomic mass is 35.5. The van der Waals surface area contributed by atoms with Crippen LogP contribution in [0.1, 0.15) is 24.2 Å². The Morgan fingerprint density at radius 3 is 2.34 bits per heavy atom. The molecule has 0 saturated carbocycles. The Bertz CT molecular complexity index is 1140. The number of nitrogens with one attached hydrogen (secondary N) is 2. The average Bonchev–Trinajstić information content (AvgIpc) is 2.74. The molecule has 32 heavy (non-hydrogen) atoms. The fraction of sp³-hybridized carbons (Fsp3) is 0.190. The Hall–Kier alpha value is -3.43. The molecule has 0 saturated heterocycles. The Balaban J connectivity index is 1.83. The van der Waals surface area contributed by atoms with Crippen LogP contribution in [0, 0.1) is 16.0 Å². The highest BCUT2D eigenvalue weighted by Crippen LogP contribution is 2.35. The number of nitrogens with zero attached hydrogens (tertiary/aromatic N) is 3. The number of carbonyl (C=O) groups is 1. The topological polar surface area (TPSA) is 119 Å². The second kappa shape index (κ2) is 10.3. The van der Waals surface area contributed by atoms with Crippen molar-refractivity contribution in [1.29, 1.82) is 0 Å². The molecular weight excluding hydrogens is 457 g/mol. The van der Waals surface area contributed by atoms with Crippen LogP contribution in [0.25, 0.3) is 0 Å². The van der Waals surface area contributed by atoms with Crippen molar-refractivity contribution in [3.8, 4) is 0 Å². The molecule has 3 aromatic rings. The molecule has 9 nitrogen and oxygen atoms in total. The molecular formula is C21H19Cl2N5O4. The standard InChI is InChI=1S/C21H19Cl2N5O4/c1-12(2)10-32-21(29)13-3-6-15(7-4-13)26-19-18(28(30)31)20(25-11-24-19)27-17-8-5-14(22)9-16(17)23/h3-9,11-12H,10H2,1-2H3,(H2,24,25,26,27). The second-order valence-corrected chi connectivity index (χ2v) is 7.96. The number of hydrogen-bond donors (Lipinski definition) is 2. The third kappa shape index (κ3) is 5.83. The molecule has 2 aromatic carbocycles. The first-order valence-corrected chi connectivity index (χ1v) is 10.3. The molecule has 0 amide bonds. The summed E-state index contributed by atoms with van der Waals surface area (Å²) in [7, 11) is 0. The van der Waals surface area contributed by atoms with E-state index < -0.39 is 10.9 Å². The Kier molecular flexibility index (Phi) is 7.45. The first-order valence-electron chi connectivity index (χ1n) is 9.50. The minimum Gasteiger partial charge on any atom is -0.462 e. The van der Waals surface area contributed by atoms with Gasteiger partial charge in [-0.05, 0) is 48.4 Å². The van der Waals surface area contributed by atoms with Gasteiger partial charge in [-0.1, -0.05) is 37.0 Å². The Morgan fingerprint density at radius 1 is 1.09 bits per heavy atom. The zero-order valence-corrected chi connectivity index (χ0v) is 18.6. The SMILES string of the molecule is CC(C)COC(=O)c1ccc(Nc2ncnc(Nc3ccc(Cl)cc3Cl)c2[N+](=O)[O-])cc1. The molecule has 0 aliphatic carbocycles. The van der Waals surface area contributed by atoms with Crippen molar-refractivity contribution in [2.24, 2.45) is 5.92 Å². The second-order valence-electron chi connectivity index (χ2n) is 7.12. The van der Waals surface area contributed by atoms with Gasteiger partial charge >= 0.3 is 11.7 Å². The molecule has 166 valence electrons. The van der Waals surface area contributed by atoms with Crippen LogP contribution < -0.4 is 10.6 Å². The molecule has 0 bridgehead atoms. The van der Waals surface area contributed by atoms with Crippen LogP contribution in [0.3, 0.4) is 0 Å². The molecule has 0 aliphatic rings. The van der Waals surface area contributed by atoms with Gasteiger partial charge in [-0.15, -0.1) is 0 Å². The first kappa shape index (κ1) is 23.2. The van der Waals surface area contributed by atoms with Gasteiger partial charge in [0.1, 0.15) is 6.33 Å². The van der Waals surface area contributed by atoms with E-state index in [1.807, 2.05) is 13.8 Å². The molecule has 1 aromatic heterocycles. The number of rotatable bonds is 8. The number of ether oxygens (including phenoxy) is 1. The van der Waals surface area contributed by atoms with Crippen LogP contribution in [0.4, 0.5) is 28.7 Å². The third-order valence-electron chi connectivity index (χ3n) is 4.12. The largest absolute Gasteiger partial charge is 0.462 e. The number of hydrogen-bond acceptors (Lipinski definition) is 8. The van der Waals surface area contributed by atoms with Gasteiger partial charge in [-0.25, -0.2) is 14.8 Å². The average molecular weight is 476 g/mol. The fourth-order valence-corrected chi connectivity index (χ4v) is 3.06. The van der Waals surface area contributed by atoms with Gasteiger partial charge in [-0.2, -0.15) is 0 Å². The third-order valence-corrected chi connectivity index (χ3v) is 4.67. The van der Waals surface area contributed by atoms with Crippen molar-refractivity contribution in [2.45, 2.75) is 13.8 Å². The number of benzene rings is 2. The molecule has 3 rings (SSSR count). The van der Waals surface area contributed by atoms with Crippen molar-refractivity contribution in [3.05, 3.63) is 74.5 Å². The van der Waals surface area contributed by atoms with Crippen LogP contribution >= 0.6 is 23.2 Å². The van der Waals surface area contributed by atoms with Crippen molar-refractivity contribution < 1.29 is 14.5 Å². The van der Waals surface area contributed by atoms with Gasteiger partial charge in [0.25, 0.3) is 0 Å². The van der Waals surface area contributed by atoms with Crippen LogP contribution in [-0.2, 0) is 4.74 Å². The molecule has 1 heterocycles. The molecule has 11 heteroatoms. The summed E-state index contributed by atoms with van der Waals surface area (Å²) in [5, 5.41) is 18.2. The Morgan fingerprint density at radius 2 is 1.75 bits per heavy atom. The van der Waals surface area contributed by atoms with E-state index in [1.54, 1.807) is 36.4 Å². The van der Waals surface area contributed by atoms with Crippen LogP contribution in [0.5, 0.6) is 0 Å². The van der Waals surface area contributed by atoms with E-state index in [2.05, 4.69) is 20.6 Å². The minimum atomic E-state index is -0.605. The van der Waals surface area contributed by atoms with Crippen molar-refractivity contribution in [3.63, 3.8) is 0 Å². The molecule has 0 aliphatic heterocycles. The molecule has 2 N–H and O–H groups in total. The summed E-state index contributed by atoms with van der Waals surface area (Å²) in [5.41, 5.74) is 0.878. The predicted octanol–water partition coefficient (Wildman–Crippen LogP) is 5.99. The maximum atomic E-state index is 12.0. The van der Waals surface area contributed by atoms with Gasteiger partial charge in [0.15, 0.2) is 0 Å². The van der Waals surface area contributed by atoms with E-state index in [-0.39, 0.29) is 28.3 Å². The van der Waals surface area contributed by atoms with Crippen molar-refractivity contribution in [1.82, 2.24) is 9.97 Å². The lowest BCUT2D eigenvalue weighted by Crippen LogP contribution is -2.10. The van der Waals surface area contributed by atoms with E-state index in [4.69, 9.17) is 27.9 Å². The number of anilines is 4. The number of esters is 1. The lowest BCUT2D eigenvalue weighted by Gasteiger charge is -2.11. The van der Waals surface area contributed by atoms with E-state index in [0.717, 1.165) is 0 Å². The smallest absolute Gasteiger partial charge is 0.353 e. The fourth-order valence-electron chi connectivity index (χ4n) is 2.61. The number of nitro groups is 1. The van der Waals surface area contributed by atoms with E-state index in [9.17, 15) is 14.9 Å². The maximum Gasteiger partial charge on any atom is 0.353 e. The molecule has 0 fully saturated rings. The first-order chi connectivity index (χ1) is 15.2. The lowest BCUT2D eigenvalue weighted by atomic mass is 10.2. The lowest BCUT2D eigenvalue weighted by molar-refractivity contribution is -0.383. The van der Waals surface area contributed by atoms with E-state index in [1.165, 1.54) is 12.4 Å². The van der Waals surface area contributed by atoms with Crippen LogP contribution in [0.2, 0.25) is 10.0 Å². The summed E-state index contributed by atoms with van der Waals surface area (Å²) in [6.45, 7) is 4.21. The zero-order chi connectivity index (χ0) is 23.3. The summed E-state index contributed by atoms with van der Waals surface area (Å²) in [6.07, 6.45) is 1.18. The number of carbonyl (C=O) groups excluding carboxylic acids is 1. The Labute approximate surface area is 193 Å². The maximum absolute atomic E-state index is 12.0. The van der Waals surface area contributed by atoms with Gasteiger partial charge in [0.2, 0.25) is 11.6 Å². The summed E-state index contributed by atoms with van der Waals surface area (Å²) in [5.74, 6) is -0.299. The summed E-state index contributed by atoms with van der Waals surface area (Å²) in [4.78, 5) is 31.2. The molecule has 0 unspecified atom stereocenters. The monoisotopic (exact) mass is 475 g/mol. The molecule has 0 atom stereocenters. The predicted molar refractivity (Wildman–Crippen MR) is 123 cm³/mol. The molecule has 0 radical (unpaired) electrons.